The first-order valence-electron chi connectivity index (χ1n) is 13.0. The number of benzene rings is 2. The summed E-state index contributed by atoms with van der Waals surface area (Å²) in [7, 11) is -3.53. The molecule has 0 spiro atoms. The minimum Gasteiger partial charge on any atom is -0.379 e. The number of amides is 1. The molecule has 1 aliphatic rings. The van der Waals surface area contributed by atoms with Crippen LogP contribution in [0, 0.1) is 0 Å². The largest absolute Gasteiger partial charge is 0.379 e. The van der Waals surface area contributed by atoms with Crippen LogP contribution in [0.4, 0.5) is 0 Å². The van der Waals surface area contributed by atoms with Gasteiger partial charge in [-0.1, -0.05) is 42.5 Å². The number of fused-ring (bicyclic) bond motifs is 1. The van der Waals surface area contributed by atoms with Crippen molar-refractivity contribution in [3.05, 3.63) is 96.1 Å². The Morgan fingerprint density at radius 2 is 1.73 bits per heavy atom. The average Bonchev–Trinajstić information content (AvgIpc) is 3.66. The molecule has 0 radical (unpaired) electrons. The lowest BCUT2D eigenvalue weighted by molar-refractivity contribution is -0.121. The third-order valence-corrected chi connectivity index (χ3v) is 9.78. The van der Waals surface area contributed by atoms with E-state index in [1.807, 2.05) is 41.8 Å². The second-order valence-electron chi connectivity index (χ2n) is 9.51. The Hall–Kier alpha value is -3.83. The molecule has 40 heavy (non-hydrogen) atoms. The van der Waals surface area contributed by atoms with Crippen LogP contribution in [-0.2, 0) is 32.6 Å². The van der Waals surface area contributed by atoms with Gasteiger partial charge in [-0.2, -0.15) is 4.31 Å². The van der Waals surface area contributed by atoms with E-state index in [9.17, 15) is 13.2 Å². The number of hydrogen-bond acceptors (Lipinski definition) is 6. The molecular weight excluding hydrogens is 544 g/mol. The fourth-order valence-electron chi connectivity index (χ4n) is 4.85. The molecule has 5 aromatic rings. The molecule has 0 saturated carbocycles. The minimum absolute atomic E-state index is 0.0953. The Morgan fingerprint density at radius 3 is 2.45 bits per heavy atom. The zero-order chi connectivity index (χ0) is 27.5. The Morgan fingerprint density at radius 1 is 0.950 bits per heavy atom. The standard InChI is InChI=1S/C30H28N4O4S2/c35-30(21-34-27-5-2-1-4-23(27)18-28(34)29-6-3-17-39-29)32-20-25-10-7-24(19-31-25)22-8-11-26(12-9-22)40(36,37)33-13-15-38-16-14-33/h1-12,17-19H,13-16,20-21H2,(H,32,35). The summed E-state index contributed by atoms with van der Waals surface area (Å²) < 4.78 is 34.5. The van der Waals surface area contributed by atoms with Crippen LogP contribution in [0.3, 0.4) is 0 Å². The van der Waals surface area contributed by atoms with Gasteiger partial charge in [-0.25, -0.2) is 8.42 Å². The Bertz CT molecular complexity index is 1720. The van der Waals surface area contributed by atoms with E-state index in [1.165, 1.54) is 4.31 Å². The summed E-state index contributed by atoms with van der Waals surface area (Å²) in [6.45, 7) is 2.07. The smallest absolute Gasteiger partial charge is 0.243 e. The molecule has 1 amide bonds. The van der Waals surface area contributed by atoms with Crippen molar-refractivity contribution in [3.63, 3.8) is 0 Å². The number of morpholine rings is 1. The van der Waals surface area contributed by atoms with Crippen molar-refractivity contribution in [3.8, 4) is 21.7 Å². The summed E-state index contributed by atoms with van der Waals surface area (Å²) in [6.07, 6.45) is 1.74. The molecule has 0 atom stereocenters. The van der Waals surface area contributed by atoms with Crippen LogP contribution in [-0.4, -0.2) is 54.5 Å². The van der Waals surface area contributed by atoms with Crippen LogP contribution in [0.2, 0.25) is 0 Å². The molecule has 2 aromatic carbocycles. The maximum atomic E-state index is 12.9. The number of thiophene rings is 1. The quantitative estimate of drug-likeness (QED) is 0.289. The zero-order valence-electron chi connectivity index (χ0n) is 21.7. The molecule has 1 fully saturated rings. The number of carbonyl (C=O) groups excluding carboxylic acids is 1. The lowest BCUT2D eigenvalue weighted by Gasteiger charge is -2.26. The maximum Gasteiger partial charge on any atom is 0.243 e. The van der Waals surface area contributed by atoms with E-state index >= 15 is 0 Å². The van der Waals surface area contributed by atoms with Crippen LogP contribution < -0.4 is 5.32 Å². The highest BCUT2D eigenvalue weighted by Crippen LogP contribution is 2.31. The second-order valence-corrected chi connectivity index (χ2v) is 12.4. The molecule has 0 aliphatic carbocycles. The average molecular weight is 573 g/mol. The highest BCUT2D eigenvalue weighted by molar-refractivity contribution is 7.89. The van der Waals surface area contributed by atoms with Gasteiger partial charge >= 0.3 is 0 Å². The number of ether oxygens (including phenoxy) is 1. The number of hydrogen-bond donors (Lipinski definition) is 1. The topological polar surface area (TPSA) is 93.5 Å². The van der Waals surface area contributed by atoms with Crippen LogP contribution in [0.25, 0.3) is 32.6 Å². The highest BCUT2D eigenvalue weighted by Gasteiger charge is 2.26. The van der Waals surface area contributed by atoms with E-state index in [0.717, 1.165) is 38.3 Å². The molecule has 1 saturated heterocycles. The van der Waals surface area contributed by atoms with Gasteiger partial charge in [-0.15, -0.1) is 11.3 Å². The molecule has 204 valence electrons. The molecule has 4 heterocycles. The van der Waals surface area contributed by atoms with Crippen molar-refractivity contribution < 1.29 is 17.9 Å². The van der Waals surface area contributed by atoms with E-state index in [0.29, 0.717) is 32.8 Å². The fourth-order valence-corrected chi connectivity index (χ4v) is 7.01. The van der Waals surface area contributed by atoms with Crippen molar-refractivity contribution in [2.24, 2.45) is 0 Å². The molecule has 6 rings (SSSR count). The summed E-state index contributed by atoms with van der Waals surface area (Å²) >= 11 is 1.65. The highest BCUT2D eigenvalue weighted by atomic mass is 32.2. The third-order valence-electron chi connectivity index (χ3n) is 6.97. The second kappa shape index (κ2) is 11.3. The molecular formula is C30H28N4O4S2. The maximum absolute atomic E-state index is 12.9. The van der Waals surface area contributed by atoms with E-state index < -0.39 is 10.0 Å². The first kappa shape index (κ1) is 26.4. The first-order chi connectivity index (χ1) is 19.5. The van der Waals surface area contributed by atoms with Gasteiger partial charge in [-0.05, 0) is 47.3 Å². The fraction of sp³-hybridized carbons (Fsp3) is 0.200. The number of para-hydroxylation sites is 1. The normalized spacial score (nSPS) is 14.4. The molecule has 3 aromatic heterocycles. The van der Waals surface area contributed by atoms with Gasteiger partial charge in [0.25, 0.3) is 0 Å². The third kappa shape index (κ3) is 5.44. The molecule has 0 unspecified atom stereocenters. The van der Waals surface area contributed by atoms with Crippen molar-refractivity contribution in [1.29, 1.82) is 0 Å². The van der Waals surface area contributed by atoms with Gasteiger partial charge < -0.3 is 14.6 Å². The van der Waals surface area contributed by atoms with Crippen molar-refractivity contribution in [1.82, 2.24) is 19.2 Å². The Kier molecular flexibility index (Phi) is 7.48. The van der Waals surface area contributed by atoms with E-state index in [-0.39, 0.29) is 17.3 Å². The van der Waals surface area contributed by atoms with Gasteiger partial charge in [0.05, 0.1) is 40.9 Å². The van der Waals surface area contributed by atoms with E-state index in [1.54, 1.807) is 41.8 Å². The Labute approximate surface area is 236 Å². The number of sulfonamides is 1. The summed E-state index contributed by atoms with van der Waals surface area (Å²) in [4.78, 5) is 18.9. The van der Waals surface area contributed by atoms with Gasteiger partial charge in [0.2, 0.25) is 15.9 Å². The Balaban J connectivity index is 1.10. The molecule has 0 bridgehead atoms. The van der Waals surface area contributed by atoms with Crippen molar-refractivity contribution in [2.45, 2.75) is 18.0 Å². The lowest BCUT2D eigenvalue weighted by atomic mass is 10.1. The number of carbonyl (C=O) groups is 1. The summed E-state index contributed by atoms with van der Waals surface area (Å²) in [5.41, 5.74) is 4.51. The van der Waals surface area contributed by atoms with Crippen LogP contribution in [0.5, 0.6) is 0 Å². The zero-order valence-corrected chi connectivity index (χ0v) is 23.3. The van der Waals surface area contributed by atoms with Gasteiger partial charge in [-0.3, -0.25) is 9.78 Å². The predicted molar refractivity (Wildman–Crippen MR) is 156 cm³/mol. The van der Waals surface area contributed by atoms with Gasteiger partial charge in [0.1, 0.15) is 6.54 Å². The number of nitrogens with one attached hydrogen (secondary N) is 1. The van der Waals surface area contributed by atoms with E-state index in [4.69, 9.17) is 4.74 Å². The van der Waals surface area contributed by atoms with Crippen molar-refractivity contribution in [2.75, 3.05) is 26.3 Å². The molecule has 10 heteroatoms. The SMILES string of the molecule is O=C(Cn1c(-c2cccs2)cc2ccccc21)NCc1ccc(-c2ccc(S(=O)(=O)N3CCOCC3)cc2)cn1. The lowest BCUT2D eigenvalue weighted by Crippen LogP contribution is -2.40. The van der Waals surface area contributed by atoms with E-state index in [2.05, 4.69) is 33.1 Å². The first-order valence-corrected chi connectivity index (χ1v) is 15.3. The van der Waals surface area contributed by atoms with Crippen molar-refractivity contribution >= 4 is 38.2 Å². The summed E-state index contributed by atoms with van der Waals surface area (Å²) in [5.74, 6) is -0.0953. The molecule has 8 nitrogen and oxygen atoms in total. The predicted octanol–water partition coefficient (Wildman–Crippen LogP) is 4.77. The van der Waals surface area contributed by atoms with Crippen LogP contribution in [0.15, 0.2) is 95.3 Å². The van der Waals surface area contributed by atoms with Gasteiger partial charge in [0.15, 0.2) is 0 Å². The van der Waals surface area contributed by atoms with Crippen LogP contribution >= 0.6 is 11.3 Å². The minimum atomic E-state index is -3.53. The number of nitrogens with zero attached hydrogens (tertiary/aromatic N) is 3. The number of aromatic nitrogens is 2. The van der Waals surface area contributed by atoms with Gasteiger partial charge in [0, 0.05) is 35.8 Å². The number of rotatable bonds is 8. The van der Waals surface area contributed by atoms with Crippen LogP contribution in [0.1, 0.15) is 5.69 Å². The summed E-state index contributed by atoms with van der Waals surface area (Å²) in [5, 5.41) is 6.13. The molecule has 1 N–H and O–H groups in total. The number of pyridine rings is 1. The summed E-state index contributed by atoms with van der Waals surface area (Å²) in [6, 6.07) is 24.9. The molecule has 1 aliphatic heterocycles. The monoisotopic (exact) mass is 572 g/mol.